The number of hydrogen-bond donors (Lipinski definition) is 2. The van der Waals surface area contributed by atoms with Gasteiger partial charge in [-0.1, -0.05) is 0 Å². The van der Waals surface area contributed by atoms with E-state index in [9.17, 15) is 15.0 Å². The van der Waals surface area contributed by atoms with Crippen molar-refractivity contribution in [3.63, 3.8) is 0 Å². The second-order valence-corrected chi connectivity index (χ2v) is 6.03. The highest BCUT2D eigenvalue weighted by Gasteiger charge is 2.47. The van der Waals surface area contributed by atoms with Gasteiger partial charge in [0.15, 0.2) is 11.5 Å². The van der Waals surface area contributed by atoms with Crippen LogP contribution >= 0.6 is 0 Å². The molecule has 2 aromatic rings. The van der Waals surface area contributed by atoms with Crippen molar-refractivity contribution in [1.82, 2.24) is 0 Å². The zero-order valence-electron chi connectivity index (χ0n) is 15.2. The van der Waals surface area contributed by atoms with Gasteiger partial charge in [0.25, 0.3) is 0 Å². The molecule has 1 aromatic carbocycles. The molecule has 9 nitrogen and oxygen atoms in total. The average molecular weight is 382 g/mol. The van der Waals surface area contributed by atoms with Crippen LogP contribution in [0.5, 0.6) is 11.5 Å². The first-order valence-corrected chi connectivity index (χ1v) is 8.31. The van der Waals surface area contributed by atoms with Crippen LogP contribution in [-0.2, 0) is 14.2 Å². The van der Waals surface area contributed by atoms with Crippen LogP contribution in [0.25, 0.3) is 11.0 Å². The van der Waals surface area contributed by atoms with Gasteiger partial charge in [0.1, 0.15) is 30.0 Å². The van der Waals surface area contributed by atoms with E-state index in [1.54, 1.807) is 12.1 Å². The zero-order valence-corrected chi connectivity index (χ0v) is 15.2. The van der Waals surface area contributed by atoms with Gasteiger partial charge in [-0.25, -0.2) is 4.79 Å². The molecule has 0 spiro atoms. The molecule has 27 heavy (non-hydrogen) atoms. The van der Waals surface area contributed by atoms with Crippen molar-refractivity contribution in [2.75, 3.05) is 27.9 Å². The van der Waals surface area contributed by atoms with Crippen molar-refractivity contribution in [1.29, 1.82) is 0 Å². The van der Waals surface area contributed by atoms with Crippen LogP contribution in [0.15, 0.2) is 33.5 Å². The number of aliphatic hydroxyl groups excluding tert-OH is 2. The van der Waals surface area contributed by atoms with E-state index >= 15 is 0 Å². The zero-order chi connectivity index (χ0) is 19.6. The first-order chi connectivity index (χ1) is 13.0. The largest absolute Gasteiger partial charge is 0.493 e. The molecule has 0 radical (unpaired) electrons. The molecule has 1 aliphatic rings. The Morgan fingerprint density at radius 3 is 2.44 bits per heavy atom. The first kappa shape index (κ1) is 19.6. The van der Waals surface area contributed by atoms with E-state index in [-0.39, 0.29) is 12.4 Å². The predicted octanol–water partition coefficient (Wildman–Crippen LogP) is 0.288. The normalized spacial score (nSPS) is 28.3. The van der Waals surface area contributed by atoms with Gasteiger partial charge in [-0.15, -0.1) is 0 Å². The summed E-state index contributed by atoms with van der Waals surface area (Å²) < 4.78 is 32.5. The minimum absolute atomic E-state index is 0.200. The van der Waals surface area contributed by atoms with Crippen molar-refractivity contribution in [2.24, 2.45) is 0 Å². The Morgan fingerprint density at radius 2 is 1.81 bits per heavy atom. The Morgan fingerprint density at radius 1 is 1.07 bits per heavy atom. The number of methoxy groups -OCH3 is 3. The summed E-state index contributed by atoms with van der Waals surface area (Å²) in [6.07, 6.45) is -4.59. The maximum Gasteiger partial charge on any atom is 0.336 e. The molecule has 3 rings (SSSR count). The number of aliphatic hydroxyl groups is 2. The summed E-state index contributed by atoms with van der Waals surface area (Å²) in [5.41, 5.74) is -0.212. The van der Waals surface area contributed by atoms with Gasteiger partial charge in [-0.3, -0.25) is 0 Å². The van der Waals surface area contributed by atoms with Gasteiger partial charge in [-0.05, 0) is 12.1 Å². The van der Waals surface area contributed by atoms with E-state index < -0.39 is 36.3 Å². The lowest BCUT2D eigenvalue weighted by molar-refractivity contribution is -0.286. The summed E-state index contributed by atoms with van der Waals surface area (Å²) in [4.78, 5) is 11.5. The van der Waals surface area contributed by atoms with Crippen LogP contribution in [0, 0.1) is 0 Å². The molecular formula is C18H22O9. The molecule has 0 aliphatic carbocycles. The molecule has 0 amide bonds. The second kappa shape index (κ2) is 8.24. The fraction of sp³-hybridized carbons (Fsp3) is 0.500. The molecular weight excluding hydrogens is 360 g/mol. The fourth-order valence-corrected chi connectivity index (χ4v) is 3.15. The summed E-state index contributed by atoms with van der Waals surface area (Å²) >= 11 is 0. The van der Waals surface area contributed by atoms with Crippen molar-refractivity contribution in [2.45, 2.75) is 30.7 Å². The third-order valence-corrected chi connectivity index (χ3v) is 4.49. The molecule has 1 aliphatic heterocycles. The topological polar surface area (TPSA) is 117 Å². The molecule has 2 heterocycles. The molecule has 9 heteroatoms. The smallest absolute Gasteiger partial charge is 0.336 e. The van der Waals surface area contributed by atoms with Crippen LogP contribution < -0.4 is 15.1 Å². The van der Waals surface area contributed by atoms with Gasteiger partial charge in [0.05, 0.1) is 13.7 Å². The van der Waals surface area contributed by atoms with Gasteiger partial charge >= 0.3 is 5.63 Å². The van der Waals surface area contributed by atoms with Crippen LogP contribution in [0.3, 0.4) is 0 Å². The molecule has 1 saturated heterocycles. The molecule has 5 unspecified atom stereocenters. The molecule has 1 aromatic heterocycles. The van der Waals surface area contributed by atoms with E-state index in [0.29, 0.717) is 16.7 Å². The SMILES string of the molecule is COc1cc2ccc(=O)oc2cc1OC1OC(CO)C(OC)C(OC)C1O. The highest BCUT2D eigenvalue weighted by atomic mass is 16.7. The fourth-order valence-electron chi connectivity index (χ4n) is 3.15. The number of benzene rings is 1. The Kier molecular flexibility index (Phi) is 5.98. The standard InChI is InChI=1S/C18H22O9/c1-22-11-6-9-4-5-14(20)25-10(9)7-12(11)26-18-15(21)17(24-3)16(23-2)13(8-19)27-18/h4-7,13,15-19,21H,8H2,1-3H3. The molecule has 2 N–H and O–H groups in total. The third-order valence-electron chi connectivity index (χ3n) is 4.49. The summed E-state index contributed by atoms with van der Waals surface area (Å²) in [7, 11) is 4.31. The van der Waals surface area contributed by atoms with Crippen LogP contribution in [0.2, 0.25) is 0 Å². The van der Waals surface area contributed by atoms with Crippen molar-refractivity contribution in [3.05, 3.63) is 34.7 Å². The van der Waals surface area contributed by atoms with Crippen LogP contribution in [0.1, 0.15) is 0 Å². The average Bonchev–Trinajstić information content (AvgIpc) is 2.68. The molecule has 0 saturated carbocycles. The maximum atomic E-state index is 11.5. The van der Waals surface area contributed by atoms with E-state index in [1.807, 2.05) is 0 Å². The lowest BCUT2D eigenvalue weighted by atomic mass is 9.99. The number of fused-ring (bicyclic) bond motifs is 1. The van der Waals surface area contributed by atoms with Gasteiger partial charge in [0.2, 0.25) is 6.29 Å². The summed E-state index contributed by atoms with van der Waals surface area (Å²) in [5, 5.41) is 20.8. The number of hydrogen-bond acceptors (Lipinski definition) is 9. The Hall–Kier alpha value is -2.17. The Labute approximate surface area is 155 Å². The van der Waals surface area contributed by atoms with Crippen LogP contribution in [-0.4, -0.2) is 68.9 Å². The van der Waals surface area contributed by atoms with Gasteiger partial charge < -0.3 is 38.3 Å². The Balaban J connectivity index is 1.94. The quantitative estimate of drug-likeness (QED) is 0.680. The monoisotopic (exact) mass is 382 g/mol. The highest BCUT2D eigenvalue weighted by Crippen LogP contribution is 2.35. The van der Waals surface area contributed by atoms with E-state index in [2.05, 4.69) is 0 Å². The van der Waals surface area contributed by atoms with E-state index in [1.165, 1.54) is 33.5 Å². The second-order valence-electron chi connectivity index (χ2n) is 6.03. The van der Waals surface area contributed by atoms with Gasteiger partial charge in [0, 0.05) is 31.7 Å². The van der Waals surface area contributed by atoms with Crippen molar-refractivity contribution < 1.29 is 38.3 Å². The lowest BCUT2D eigenvalue weighted by Crippen LogP contribution is -2.61. The van der Waals surface area contributed by atoms with Crippen LogP contribution in [0.4, 0.5) is 0 Å². The third kappa shape index (κ3) is 3.78. The van der Waals surface area contributed by atoms with Gasteiger partial charge in [-0.2, -0.15) is 0 Å². The number of rotatable bonds is 6. The molecule has 5 atom stereocenters. The molecule has 0 bridgehead atoms. The molecule has 148 valence electrons. The highest BCUT2D eigenvalue weighted by molar-refractivity contribution is 5.80. The van der Waals surface area contributed by atoms with Crippen molar-refractivity contribution >= 4 is 11.0 Å². The first-order valence-electron chi connectivity index (χ1n) is 8.31. The minimum Gasteiger partial charge on any atom is -0.493 e. The van der Waals surface area contributed by atoms with E-state index in [0.717, 1.165) is 0 Å². The summed E-state index contributed by atoms with van der Waals surface area (Å²) in [6.45, 7) is -0.353. The van der Waals surface area contributed by atoms with E-state index in [4.69, 9.17) is 28.1 Å². The molecule has 1 fully saturated rings. The minimum atomic E-state index is -1.20. The van der Waals surface area contributed by atoms with Crippen molar-refractivity contribution in [3.8, 4) is 11.5 Å². The number of ether oxygens (including phenoxy) is 5. The summed E-state index contributed by atoms with van der Waals surface area (Å²) in [5.74, 6) is 0.557. The predicted molar refractivity (Wildman–Crippen MR) is 93.0 cm³/mol. The Bertz CT molecular complexity index is 833. The summed E-state index contributed by atoms with van der Waals surface area (Å²) in [6, 6.07) is 6.02. The maximum absolute atomic E-state index is 11.5. The lowest BCUT2D eigenvalue weighted by Gasteiger charge is -2.42.